The van der Waals surface area contributed by atoms with Crippen LogP contribution in [0.15, 0.2) is 45.8 Å². The largest absolute Gasteiger partial charge is 0.457 e. The SMILES string of the molecule is ClC(Cc1ccccn1)c1coc(Br)c1. The number of halogens is 2. The maximum atomic E-state index is 6.23. The van der Waals surface area contributed by atoms with Crippen molar-refractivity contribution in [2.24, 2.45) is 0 Å². The van der Waals surface area contributed by atoms with E-state index in [-0.39, 0.29) is 5.38 Å². The van der Waals surface area contributed by atoms with E-state index in [1.807, 2.05) is 24.3 Å². The van der Waals surface area contributed by atoms with Crippen LogP contribution in [-0.2, 0) is 6.42 Å². The molecule has 0 spiro atoms. The summed E-state index contributed by atoms with van der Waals surface area (Å²) in [5.41, 5.74) is 1.95. The standard InChI is InChI=1S/C11H9BrClNO/c12-11-5-8(7-15-11)10(13)6-9-3-1-2-4-14-9/h1-5,7,10H,6H2. The molecule has 2 aromatic heterocycles. The first-order valence-corrected chi connectivity index (χ1v) is 5.76. The Kier molecular flexibility index (Phi) is 3.44. The molecule has 0 aliphatic heterocycles. The van der Waals surface area contributed by atoms with Crippen molar-refractivity contribution in [3.8, 4) is 0 Å². The van der Waals surface area contributed by atoms with E-state index in [1.54, 1.807) is 12.5 Å². The third kappa shape index (κ3) is 2.83. The minimum atomic E-state index is -0.102. The number of nitrogens with zero attached hydrogens (tertiary/aromatic N) is 1. The van der Waals surface area contributed by atoms with Crippen LogP contribution < -0.4 is 0 Å². The van der Waals surface area contributed by atoms with Crippen molar-refractivity contribution in [1.29, 1.82) is 0 Å². The van der Waals surface area contributed by atoms with Gasteiger partial charge < -0.3 is 4.42 Å². The second-order valence-corrected chi connectivity index (χ2v) is 4.49. The summed E-state index contributed by atoms with van der Waals surface area (Å²) in [6.07, 6.45) is 4.13. The van der Waals surface area contributed by atoms with Gasteiger partial charge >= 0.3 is 0 Å². The van der Waals surface area contributed by atoms with E-state index in [0.717, 1.165) is 11.3 Å². The molecule has 0 aliphatic rings. The van der Waals surface area contributed by atoms with E-state index in [0.29, 0.717) is 11.1 Å². The Morgan fingerprint density at radius 3 is 2.93 bits per heavy atom. The first-order chi connectivity index (χ1) is 7.25. The molecule has 2 rings (SSSR count). The summed E-state index contributed by atoms with van der Waals surface area (Å²) in [7, 11) is 0. The lowest BCUT2D eigenvalue weighted by molar-refractivity contribution is 0.538. The number of aromatic nitrogens is 1. The van der Waals surface area contributed by atoms with Crippen molar-refractivity contribution in [3.05, 3.63) is 52.7 Å². The topological polar surface area (TPSA) is 26.0 Å². The molecule has 0 amide bonds. The predicted octanol–water partition coefficient (Wildman–Crippen LogP) is 3.96. The normalized spacial score (nSPS) is 12.7. The number of rotatable bonds is 3. The molecule has 0 saturated heterocycles. The fourth-order valence-corrected chi connectivity index (χ4v) is 1.94. The van der Waals surface area contributed by atoms with Gasteiger partial charge in [0.1, 0.15) is 0 Å². The van der Waals surface area contributed by atoms with Gasteiger partial charge in [-0.15, -0.1) is 11.6 Å². The Hall–Kier alpha value is -0.800. The molecule has 15 heavy (non-hydrogen) atoms. The Bertz CT molecular complexity index is 429. The van der Waals surface area contributed by atoms with Gasteiger partial charge in [0.2, 0.25) is 0 Å². The number of hydrogen-bond acceptors (Lipinski definition) is 2. The number of pyridine rings is 1. The van der Waals surface area contributed by atoms with Crippen LogP contribution in [0.5, 0.6) is 0 Å². The van der Waals surface area contributed by atoms with Crippen molar-refractivity contribution >= 4 is 27.5 Å². The fraction of sp³-hybridized carbons (Fsp3) is 0.182. The molecule has 2 nitrogen and oxygen atoms in total. The van der Waals surface area contributed by atoms with Crippen LogP contribution in [-0.4, -0.2) is 4.98 Å². The Balaban J connectivity index is 2.07. The van der Waals surface area contributed by atoms with Crippen LogP contribution in [0, 0.1) is 0 Å². The maximum Gasteiger partial charge on any atom is 0.169 e. The summed E-state index contributed by atoms with van der Waals surface area (Å²) in [6.45, 7) is 0. The molecule has 0 aliphatic carbocycles. The van der Waals surface area contributed by atoms with Crippen molar-refractivity contribution in [2.45, 2.75) is 11.8 Å². The smallest absolute Gasteiger partial charge is 0.169 e. The molecule has 2 aromatic rings. The summed E-state index contributed by atoms with van der Waals surface area (Å²) in [5, 5.41) is -0.102. The van der Waals surface area contributed by atoms with E-state index < -0.39 is 0 Å². The highest BCUT2D eigenvalue weighted by Gasteiger charge is 2.12. The quantitative estimate of drug-likeness (QED) is 0.798. The minimum Gasteiger partial charge on any atom is -0.457 e. The lowest BCUT2D eigenvalue weighted by Gasteiger charge is -2.05. The number of alkyl halides is 1. The minimum absolute atomic E-state index is 0.102. The lowest BCUT2D eigenvalue weighted by atomic mass is 10.1. The van der Waals surface area contributed by atoms with E-state index in [9.17, 15) is 0 Å². The van der Waals surface area contributed by atoms with Gasteiger partial charge in [-0.25, -0.2) is 0 Å². The molecule has 0 radical (unpaired) electrons. The molecule has 0 N–H and O–H groups in total. The highest BCUT2D eigenvalue weighted by molar-refractivity contribution is 9.10. The molecule has 0 aromatic carbocycles. The van der Waals surface area contributed by atoms with Crippen molar-refractivity contribution in [1.82, 2.24) is 4.98 Å². The summed E-state index contributed by atoms with van der Waals surface area (Å²) in [6, 6.07) is 7.68. The highest BCUT2D eigenvalue weighted by atomic mass is 79.9. The predicted molar refractivity (Wildman–Crippen MR) is 62.9 cm³/mol. The van der Waals surface area contributed by atoms with Gasteiger partial charge in [0.25, 0.3) is 0 Å². The molecule has 0 saturated carbocycles. The zero-order chi connectivity index (χ0) is 10.7. The van der Waals surface area contributed by atoms with Gasteiger partial charge in [0, 0.05) is 23.9 Å². The second-order valence-electron chi connectivity index (χ2n) is 3.18. The lowest BCUT2D eigenvalue weighted by Crippen LogP contribution is -1.96. The van der Waals surface area contributed by atoms with Crippen molar-refractivity contribution in [2.75, 3.05) is 0 Å². The Morgan fingerprint density at radius 1 is 1.47 bits per heavy atom. The highest BCUT2D eigenvalue weighted by Crippen LogP contribution is 2.27. The van der Waals surface area contributed by atoms with Crippen LogP contribution >= 0.6 is 27.5 Å². The summed E-state index contributed by atoms with van der Waals surface area (Å²) in [5.74, 6) is 0. The maximum absolute atomic E-state index is 6.23. The third-order valence-corrected chi connectivity index (χ3v) is 2.89. The summed E-state index contributed by atoms with van der Waals surface area (Å²) >= 11 is 9.48. The summed E-state index contributed by atoms with van der Waals surface area (Å²) in [4.78, 5) is 4.22. The average molecular weight is 287 g/mol. The van der Waals surface area contributed by atoms with Gasteiger partial charge in [-0.1, -0.05) is 6.07 Å². The molecule has 4 heteroatoms. The Labute approximate surface area is 101 Å². The van der Waals surface area contributed by atoms with Gasteiger partial charge in [0.05, 0.1) is 11.6 Å². The first kappa shape index (κ1) is 10.7. The average Bonchev–Trinajstić information content (AvgIpc) is 2.66. The fourth-order valence-electron chi connectivity index (χ4n) is 1.31. The van der Waals surface area contributed by atoms with Crippen LogP contribution in [0.4, 0.5) is 0 Å². The number of furan rings is 1. The van der Waals surface area contributed by atoms with Crippen molar-refractivity contribution in [3.63, 3.8) is 0 Å². The molecule has 0 bridgehead atoms. The Morgan fingerprint density at radius 2 is 2.33 bits per heavy atom. The van der Waals surface area contributed by atoms with Gasteiger partial charge in [-0.3, -0.25) is 4.98 Å². The van der Waals surface area contributed by atoms with Gasteiger partial charge in [0.15, 0.2) is 4.67 Å². The van der Waals surface area contributed by atoms with Gasteiger partial charge in [-0.2, -0.15) is 0 Å². The molecule has 0 fully saturated rings. The molecule has 2 heterocycles. The molecule has 78 valence electrons. The van der Waals surface area contributed by atoms with Crippen molar-refractivity contribution < 1.29 is 4.42 Å². The first-order valence-electron chi connectivity index (χ1n) is 4.53. The third-order valence-electron chi connectivity index (χ3n) is 2.06. The monoisotopic (exact) mass is 285 g/mol. The van der Waals surface area contributed by atoms with Gasteiger partial charge in [-0.05, 0) is 34.1 Å². The molecular formula is C11H9BrClNO. The summed E-state index contributed by atoms with van der Waals surface area (Å²) < 4.78 is 5.83. The van der Waals surface area contributed by atoms with E-state index >= 15 is 0 Å². The van der Waals surface area contributed by atoms with Crippen LogP contribution in [0.1, 0.15) is 16.6 Å². The molecule has 1 unspecified atom stereocenters. The van der Waals surface area contributed by atoms with Crippen LogP contribution in [0.2, 0.25) is 0 Å². The zero-order valence-electron chi connectivity index (χ0n) is 7.86. The van der Waals surface area contributed by atoms with Crippen LogP contribution in [0.25, 0.3) is 0 Å². The van der Waals surface area contributed by atoms with Crippen LogP contribution in [0.3, 0.4) is 0 Å². The second kappa shape index (κ2) is 4.81. The van der Waals surface area contributed by atoms with E-state index in [4.69, 9.17) is 16.0 Å². The molecule has 1 atom stereocenters. The zero-order valence-corrected chi connectivity index (χ0v) is 10.2. The van der Waals surface area contributed by atoms with E-state index in [1.165, 1.54) is 0 Å². The van der Waals surface area contributed by atoms with E-state index in [2.05, 4.69) is 20.9 Å². The number of hydrogen-bond donors (Lipinski definition) is 0. The molecular weight excluding hydrogens is 277 g/mol.